The van der Waals surface area contributed by atoms with Gasteiger partial charge in [-0.25, -0.2) is 8.42 Å². The summed E-state index contributed by atoms with van der Waals surface area (Å²) in [6.45, 7) is 3.90. The summed E-state index contributed by atoms with van der Waals surface area (Å²) >= 11 is 0. The summed E-state index contributed by atoms with van der Waals surface area (Å²) in [6.07, 6.45) is 0.713. The third kappa shape index (κ3) is 2.41. The van der Waals surface area contributed by atoms with Gasteiger partial charge in [0.1, 0.15) is 11.8 Å². The Bertz CT molecular complexity index is 904. The lowest BCUT2D eigenvalue weighted by Crippen LogP contribution is -2.34. The lowest BCUT2D eigenvalue weighted by atomic mass is 10.1. The quantitative estimate of drug-likeness (QED) is 0.869. The van der Waals surface area contributed by atoms with Gasteiger partial charge in [0, 0.05) is 19.3 Å². The van der Waals surface area contributed by atoms with Gasteiger partial charge >= 0.3 is 0 Å². The zero-order chi connectivity index (χ0) is 16.8. The molecule has 1 aliphatic heterocycles. The van der Waals surface area contributed by atoms with Crippen molar-refractivity contribution in [3.63, 3.8) is 0 Å². The van der Waals surface area contributed by atoms with E-state index < -0.39 is 15.3 Å². The molecule has 23 heavy (non-hydrogen) atoms. The lowest BCUT2D eigenvalue weighted by molar-refractivity contribution is 0.583. The van der Waals surface area contributed by atoms with Gasteiger partial charge < -0.3 is 4.57 Å². The third-order valence-electron chi connectivity index (χ3n) is 4.37. The number of anilines is 1. The van der Waals surface area contributed by atoms with Crippen molar-refractivity contribution in [3.8, 4) is 17.3 Å². The summed E-state index contributed by atoms with van der Waals surface area (Å²) in [4.78, 5) is 0. The number of nitriles is 1. The lowest BCUT2D eigenvalue weighted by Gasteiger charge is -2.22. The topological polar surface area (TPSA) is 66.1 Å². The number of hydrogen-bond acceptors (Lipinski definition) is 3. The number of fused-ring (bicyclic) bond motifs is 1. The molecule has 5 nitrogen and oxygen atoms in total. The minimum absolute atomic E-state index is 0.431. The molecule has 3 rings (SSSR count). The Balaban J connectivity index is 2.03. The second-order valence-electron chi connectivity index (χ2n) is 6.03. The van der Waals surface area contributed by atoms with Crippen molar-refractivity contribution in [2.75, 3.05) is 10.8 Å². The molecule has 0 N–H and O–H groups in total. The largest absolute Gasteiger partial charge is 0.335 e. The average Bonchev–Trinajstić information content (AvgIpc) is 3.09. The van der Waals surface area contributed by atoms with Crippen LogP contribution in [-0.4, -0.2) is 24.8 Å². The summed E-state index contributed by atoms with van der Waals surface area (Å²) in [6, 6.07) is 11.7. The molecule has 1 aliphatic rings. The molecule has 0 atom stereocenters. The van der Waals surface area contributed by atoms with Crippen molar-refractivity contribution in [3.05, 3.63) is 41.6 Å². The molecule has 0 aliphatic carbocycles. The van der Waals surface area contributed by atoms with Crippen LogP contribution in [0, 0.1) is 11.3 Å². The molecule has 1 aromatic heterocycles. The van der Waals surface area contributed by atoms with E-state index in [1.54, 1.807) is 19.9 Å². The van der Waals surface area contributed by atoms with Crippen molar-refractivity contribution < 1.29 is 8.42 Å². The number of aromatic nitrogens is 1. The summed E-state index contributed by atoms with van der Waals surface area (Å²) in [5, 5.41) is 8.63. The maximum absolute atomic E-state index is 12.4. The fourth-order valence-corrected chi connectivity index (χ4v) is 4.27. The van der Waals surface area contributed by atoms with Gasteiger partial charge in [-0.15, -0.1) is 0 Å². The van der Waals surface area contributed by atoms with Crippen LogP contribution >= 0.6 is 0 Å². The van der Waals surface area contributed by atoms with Gasteiger partial charge in [-0.2, -0.15) is 5.26 Å². The van der Waals surface area contributed by atoms with Crippen LogP contribution in [0.2, 0.25) is 0 Å². The standard InChI is InChI=1S/C17H19N3O2S/c1-12(2)23(21,22)20-9-8-14-10-13(4-6-17(14)20)16-7-5-15(11-18)19(16)3/h4-7,10,12H,8-9H2,1-3H3. The van der Waals surface area contributed by atoms with Gasteiger partial charge in [0.05, 0.1) is 10.9 Å². The highest BCUT2D eigenvalue weighted by atomic mass is 32.2. The highest BCUT2D eigenvalue weighted by Crippen LogP contribution is 2.35. The summed E-state index contributed by atoms with van der Waals surface area (Å²) in [7, 11) is -1.43. The molecule has 0 saturated carbocycles. The van der Waals surface area contributed by atoms with Crippen molar-refractivity contribution >= 4 is 15.7 Å². The van der Waals surface area contributed by atoms with Gasteiger partial charge in [-0.05, 0) is 55.7 Å². The van der Waals surface area contributed by atoms with Crippen LogP contribution in [0.1, 0.15) is 25.1 Å². The molecule has 0 bridgehead atoms. The molecule has 0 fully saturated rings. The molecule has 0 amide bonds. The SMILES string of the molecule is CC(C)S(=O)(=O)N1CCc2cc(-c3ccc(C#N)n3C)ccc21. The van der Waals surface area contributed by atoms with Crippen LogP contribution in [0.5, 0.6) is 0 Å². The molecule has 2 heterocycles. The zero-order valence-corrected chi connectivity index (χ0v) is 14.3. The van der Waals surface area contributed by atoms with Crippen LogP contribution in [-0.2, 0) is 23.5 Å². The maximum atomic E-state index is 12.4. The number of benzene rings is 1. The molecular weight excluding hydrogens is 310 g/mol. The third-order valence-corrected chi connectivity index (χ3v) is 6.55. The van der Waals surface area contributed by atoms with Gasteiger partial charge in [-0.3, -0.25) is 4.31 Å². The summed E-state index contributed by atoms with van der Waals surface area (Å²) < 4.78 is 28.2. The van der Waals surface area contributed by atoms with Crippen molar-refractivity contribution in [2.24, 2.45) is 7.05 Å². The Hall–Kier alpha value is -2.26. The van der Waals surface area contributed by atoms with Crippen LogP contribution in [0.25, 0.3) is 11.3 Å². The average molecular weight is 329 g/mol. The minimum atomic E-state index is -3.29. The molecule has 0 radical (unpaired) electrons. The van der Waals surface area contributed by atoms with Crippen LogP contribution in [0.3, 0.4) is 0 Å². The Morgan fingerprint density at radius 1 is 1.22 bits per heavy atom. The fraction of sp³-hybridized carbons (Fsp3) is 0.353. The van der Waals surface area contributed by atoms with Crippen molar-refractivity contribution in [1.82, 2.24) is 4.57 Å². The number of nitrogens with zero attached hydrogens (tertiary/aromatic N) is 3. The number of sulfonamides is 1. The van der Waals surface area contributed by atoms with Gasteiger partial charge in [-0.1, -0.05) is 6.07 Å². The highest BCUT2D eigenvalue weighted by Gasteiger charge is 2.31. The predicted octanol–water partition coefficient (Wildman–Crippen LogP) is 2.66. The van der Waals surface area contributed by atoms with Gasteiger partial charge in [0.15, 0.2) is 0 Å². The molecule has 1 aromatic carbocycles. The van der Waals surface area contributed by atoms with Crippen LogP contribution < -0.4 is 4.31 Å². The van der Waals surface area contributed by atoms with E-state index in [4.69, 9.17) is 5.26 Å². The van der Waals surface area contributed by atoms with Crippen molar-refractivity contribution in [2.45, 2.75) is 25.5 Å². The Morgan fingerprint density at radius 2 is 1.96 bits per heavy atom. The summed E-state index contributed by atoms with van der Waals surface area (Å²) in [5.41, 5.74) is 4.36. The monoisotopic (exact) mass is 329 g/mol. The van der Waals surface area contributed by atoms with E-state index in [1.807, 2.05) is 35.9 Å². The molecule has 120 valence electrons. The Morgan fingerprint density at radius 3 is 2.57 bits per heavy atom. The Kier molecular flexibility index (Phi) is 3.69. The van der Waals surface area contributed by atoms with E-state index in [9.17, 15) is 8.42 Å². The first-order chi connectivity index (χ1) is 10.9. The summed E-state index contributed by atoms with van der Waals surface area (Å²) in [5.74, 6) is 0. The van der Waals surface area contributed by atoms with Gasteiger partial charge in [0.2, 0.25) is 10.0 Å². The van der Waals surface area contributed by atoms with E-state index in [0.717, 1.165) is 22.5 Å². The second-order valence-corrected chi connectivity index (χ2v) is 8.45. The molecule has 2 aromatic rings. The zero-order valence-electron chi connectivity index (χ0n) is 13.4. The predicted molar refractivity (Wildman–Crippen MR) is 90.7 cm³/mol. The first-order valence-electron chi connectivity index (χ1n) is 7.57. The van der Waals surface area contributed by atoms with Gasteiger partial charge in [0.25, 0.3) is 0 Å². The Labute approximate surface area is 136 Å². The highest BCUT2D eigenvalue weighted by molar-refractivity contribution is 7.93. The molecule has 0 saturated heterocycles. The van der Waals surface area contributed by atoms with Crippen molar-refractivity contribution in [1.29, 1.82) is 5.26 Å². The van der Waals surface area contributed by atoms with Crippen LogP contribution in [0.4, 0.5) is 5.69 Å². The first kappa shape index (κ1) is 15.6. The number of rotatable bonds is 3. The molecule has 6 heteroatoms. The first-order valence-corrected chi connectivity index (χ1v) is 9.07. The molecule has 0 spiro atoms. The van der Waals surface area contributed by atoms with E-state index in [0.29, 0.717) is 18.7 Å². The van der Waals surface area contributed by atoms with Crippen LogP contribution in [0.15, 0.2) is 30.3 Å². The van der Waals surface area contributed by atoms with E-state index >= 15 is 0 Å². The smallest absolute Gasteiger partial charge is 0.237 e. The maximum Gasteiger partial charge on any atom is 0.237 e. The minimum Gasteiger partial charge on any atom is -0.335 e. The normalized spacial score (nSPS) is 14.1. The van der Waals surface area contributed by atoms with E-state index in [-0.39, 0.29) is 0 Å². The second kappa shape index (κ2) is 5.43. The molecule has 0 unspecified atom stereocenters. The van der Waals surface area contributed by atoms with E-state index in [2.05, 4.69) is 6.07 Å². The molecular formula is C17H19N3O2S. The fourth-order valence-electron chi connectivity index (χ4n) is 2.96. The van der Waals surface area contributed by atoms with E-state index in [1.165, 1.54) is 4.31 Å². The number of hydrogen-bond donors (Lipinski definition) is 0.